The first kappa shape index (κ1) is 18.4. The van der Waals surface area contributed by atoms with Crippen LogP contribution < -0.4 is 10.1 Å². The summed E-state index contributed by atoms with van der Waals surface area (Å²) in [6.45, 7) is 3.90. The molecule has 0 spiro atoms. The second-order valence-corrected chi connectivity index (χ2v) is 6.75. The van der Waals surface area contributed by atoms with Gasteiger partial charge in [-0.15, -0.1) is 0 Å². The van der Waals surface area contributed by atoms with Gasteiger partial charge in [0.05, 0.1) is 7.11 Å². The third kappa shape index (κ3) is 5.05. The minimum atomic E-state index is -0.177. The van der Waals surface area contributed by atoms with Crippen molar-refractivity contribution in [2.75, 3.05) is 20.2 Å². The van der Waals surface area contributed by atoms with Crippen molar-refractivity contribution in [3.05, 3.63) is 59.3 Å². The number of nitrogens with one attached hydrogen (secondary N) is 1. The fourth-order valence-corrected chi connectivity index (χ4v) is 3.32. The Morgan fingerprint density at radius 3 is 2.46 bits per heavy atom. The normalized spacial score (nSPS) is 15.3. The van der Waals surface area contributed by atoms with Crippen molar-refractivity contribution >= 4 is 5.91 Å². The Hall–Kier alpha value is -2.40. The van der Waals surface area contributed by atoms with Crippen LogP contribution in [0.25, 0.3) is 0 Å². The number of nitrogens with zero attached hydrogens (tertiary/aromatic N) is 2. The minimum absolute atomic E-state index is 0.177. The number of hydrogen-bond donors (Lipinski definition) is 1. The van der Waals surface area contributed by atoms with Crippen LogP contribution in [0.2, 0.25) is 0 Å². The van der Waals surface area contributed by atoms with Gasteiger partial charge >= 0.3 is 0 Å². The third-order valence-electron chi connectivity index (χ3n) is 4.79. The average Bonchev–Trinajstić information content (AvgIpc) is 2.96. The monoisotopic (exact) mass is 353 g/mol. The maximum atomic E-state index is 12.3. The second kappa shape index (κ2) is 9.34. The van der Waals surface area contributed by atoms with Gasteiger partial charge in [-0.25, -0.2) is 4.98 Å². The van der Waals surface area contributed by atoms with Gasteiger partial charge in [-0.05, 0) is 49.2 Å². The van der Waals surface area contributed by atoms with Crippen LogP contribution >= 0.6 is 0 Å². The summed E-state index contributed by atoms with van der Waals surface area (Å²) in [6.07, 6.45) is 6.94. The van der Waals surface area contributed by atoms with Crippen molar-refractivity contribution in [2.24, 2.45) is 0 Å². The Balaban J connectivity index is 1.53. The Kier molecular flexibility index (Phi) is 6.61. The first-order chi connectivity index (χ1) is 12.8. The quantitative estimate of drug-likeness (QED) is 0.865. The van der Waals surface area contributed by atoms with E-state index in [0.29, 0.717) is 18.0 Å². The number of likely N-dealkylation sites (tertiary alicyclic amines) is 1. The predicted molar refractivity (Wildman–Crippen MR) is 102 cm³/mol. The van der Waals surface area contributed by atoms with Gasteiger partial charge in [-0.1, -0.05) is 37.1 Å². The lowest BCUT2D eigenvalue weighted by molar-refractivity contribution is 0.0947. The number of aromatic nitrogens is 1. The molecule has 1 aromatic carbocycles. The van der Waals surface area contributed by atoms with E-state index in [2.05, 4.69) is 39.5 Å². The van der Waals surface area contributed by atoms with Crippen molar-refractivity contribution in [3.8, 4) is 5.88 Å². The van der Waals surface area contributed by atoms with Gasteiger partial charge in [-0.3, -0.25) is 9.69 Å². The lowest BCUT2D eigenvalue weighted by atomic mass is 10.1. The predicted octanol–water partition coefficient (Wildman–Crippen LogP) is 3.40. The van der Waals surface area contributed by atoms with Crippen LogP contribution in [0.4, 0.5) is 0 Å². The fourth-order valence-electron chi connectivity index (χ4n) is 3.32. The molecule has 1 saturated heterocycles. The van der Waals surface area contributed by atoms with Crippen molar-refractivity contribution in [1.82, 2.24) is 15.2 Å². The van der Waals surface area contributed by atoms with Crippen molar-refractivity contribution in [3.63, 3.8) is 0 Å². The minimum Gasteiger partial charge on any atom is -0.480 e. The summed E-state index contributed by atoms with van der Waals surface area (Å²) in [4.78, 5) is 18.9. The van der Waals surface area contributed by atoms with E-state index in [1.54, 1.807) is 18.3 Å². The first-order valence-electron chi connectivity index (χ1n) is 9.33. The summed E-state index contributed by atoms with van der Waals surface area (Å²) >= 11 is 0. The molecule has 3 rings (SSSR count). The molecular weight excluding hydrogens is 326 g/mol. The zero-order chi connectivity index (χ0) is 18.2. The van der Waals surface area contributed by atoms with E-state index in [1.165, 1.54) is 51.4 Å². The molecule has 0 unspecified atom stereocenters. The largest absolute Gasteiger partial charge is 0.480 e. The van der Waals surface area contributed by atoms with Gasteiger partial charge in [0.2, 0.25) is 5.88 Å². The molecular formula is C21H27N3O2. The van der Waals surface area contributed by atoms with Gasteiger partial charge in [0.15, 0.2) is 0 Å². The molecule has 0 radical (unpaired) electrons. The Morgan fingerprint density at radius 2 is 1.77 bits per heavy atom. The topological polar surface area (TPSA) is 54.5 Å². The molecule has 138 valence electrons. The molecule has 2 aromatic rings. The van der Waals surface area contributed by atoms with E-state index in [9.17, 15) is 4.79 Å². The summed E-state index contributed by atoms with van der Waals surface area (Å²) in [5.41, 5.74) is 2.87. The highest BCUT2D eigenvalue weighted by atomic mass is 16.5. The van der Waals surface area contributed by atoms with Gasteiger partial charge in [0, 0.05) is 19.3 Å². The molecule has 1 fully saturated rings. The van der Waals surface area contributed by atoms with Crippen LogP contribution in [0.3, 0.4) is 0 Å². The number of methoxy groups -OCH3 is 1. The molecule has 0 aliphatic carbocycles. The number of pyridine rings is 1. The number of hydrogen-bond acceptors (Lipinski definition) is 4. The van der Waals surface area contributed by atoms with Crippen molar-refractivity contribution in [1.29, 1.82) is 0 Å². The summed E-state index contributed by atoms with van der Waals surface area (Å²) in [6, 6.07) is 12.0. The highest BCUT2D eigenvalue weighted by Crippen LogP contribution is 2.15. The smallest absolute Gasteiger partial charge is 0.257 e. The molecule has 1 aliphatic rings. The Labute approximate surface area is 155 Å². The second-order valence-electron chi connectivity index (χ2n) is 6.75. The maximum absolute atomic E-state index is 12.3. The number of carbonyl (C=O) groups excluding carboxylic acids is 1. The van der Waals surface area contributed by atoms with E-state index in [4.69, 9.17) is 4.74 Å². The lowest BCUT2D eigenvalue weighted by Crippen LogP contribution is -2.24. The van der Waals surface area contributed by atoms with E-state index in [1.807, 2.05) is 0 Å². The number of ether oxygens (including phenoxy) is 1. The molecule has 1 N–H and O–H groups in total. The summed E-state index contributed by atoms with van der Waals surface area (Å²) in [7, 11) is 1.52. The van der Waals surface area contributed by atoms with E-state index in [0.717, 1.165) is 12.1 Å². The van der Waals surface area contributed by atoms with Crippen LogP contribution in [0, 0.1) is 0 Å². The lowest BCUT2D eigenvalue weighted by Gasteiger charge is -2.19. The van der Waals surface area contributed by atoms with Crippen molar-refractivity contribution < 1.29 is 9.53 Å². The number of benzene rings is 1. The van der Waals surface area contributed by atoms with Crippen LogP contribution in [0.15, 0.2) is 42.6 Å². The van der Waals surface area contributed by atoms with Crippen LogP contribution in [-0.2, 0) is 13.1 Å². The van der Waals surface area contributed by atoms with E-state index in [-0.39, 0.29) is 5.91 Å². The highest BCUT2D eigenvalue weighted by Gasteiger charge is 2.12. The standard InChI is InChI=1S/C21H27N3O2/c1-26-21-19(7-6-12-22-21)20(25)23-15-17-8-10-18(11-9-17)16-24-13-4-2-3-5-14-24/h6-12H,2-5,13-16H2,1H3,(H,23,25). The van der Waals surface area contributed by atoms with Crippen LogP contribution in [0.5, 0.6) is 5.88 Å². The number of amides is 1. The molecule has 0 saturated carbocycles. The van der Waals surface area contributed by atoms with Crippen molar-refractivity contribution in [2.45, 2.75) is 38.8 Å². The van der Waals surface area contributed by atoms with Gasteiger partial charge in [0.25, 0.3) is 5.91 Å². The average molecular weight is 353 g/mol. The number of rotatable bonds is 6. The zero-order valence-corrected chi connectivity index (χ0v) is 15.4. The first-order valence-corrected chi connectivity index (χ1v) is 9.33. The van der Waals surface area contributed by atoms with Gasteiger partial charge in [0.1, 0.15) is 5.56 Å². The molecule has 0 atom stereocenters. The fraction of sp³-hybridized carbons (Fsp3) is 0.429. The van der Waals surface area contributed by atoms with Gasteiger partial charge in [-0.2, -0.15) is 0 Å². The van der Waals surface area contributed by atoms with E-state index < -0.39 is 0 Å². The van der Waals surface area contributed by atoms with Gasteiger partial charge < -0.3 is 10.1 Å². The molecule has 2 heterocycles. The third-order valence-corrected chi connectivity index (χ3v) is 4.79. The summed E-state index contributed by atoms with van der Waals surface area (Å²) in [5, 5.41) is 2.93. The zero-order valence-electron chi connectivity index (χ0n) is 15.4. The summed E-state index contributed by atoms with van der Waals surface area (Å²) in [5.74, 6) is 0.168. The van der Waals surface area contributed by atoms with Crippen LogP contribution in [0.1, 0.15) is 47.2 Å². The summed E-state index contributed by atoms with van der Waals surface area (Å²) < 4.78 is 5.14. The molecule has 5 heteroatoms. The van der Waals surface area contributed by atoms with Crippen LogP contribution in [-0.4, -0.2) is 36.0 Å². The molecule has 26 heavy (non-hydrogen) atoms. The number of carbonyl (C=O) groups is 1. The molecule has 1 amide bonds. The Morgan fingerprint density at radius 1 is 1.08 bits per heavy atom. The molecule has 1 aliphatic heterocycles. The highest BCUT2D eigenvalue weighted by molar-refractivity contribution is 5.96. The molecule has 0 bridgehead atoms. The molecule has 5 nitrogen and oxygen atoms in total. The SMILES string of the molecule is COc1ncccc1C(=O)NCc1ccc(CN2CCCCCC2)cc1. The Bertz CT molecular complexity index is 707. The van der Waals surface area contributed by atoms with E-state index >= 15 is 0 Å². The maximum Gasteiger partial charge on any atom is 0.257 e. The molecule has 1 aromatic heterocycles.